The summed E-state index contributed by atoms with van der Waals surface area (Å²) in [5, 5.41) is 0. The first-order valence-electron chi connectivity index (χ1n) is 7.24. The van der Waals surface area contributed by atoms with Crippen molar-refractivity contribution in [1.82, 2.24) is 0 Å². The van der Waals surface area contributed by atoms with Gasteiger partial charge in [-0.1, -0.05) is 12.8 Å². The second-order valence-corrected chi connectivity index (χ2v) is 5.59. The van der Waals surface area contributed by atoms with Gasteiger partial charge in [-0.25, -0.2) is 0 Å². The Labute approximate surface area is 118 Å². The highest BCUT2D eigenvalue weighted by molar-refractivity contribution is 5.95. The number of primary amides is 1. The second-order valence-electron chi connectivity index (χ2n) is 5.59. The highest BCUT2D eigenvalue weighted by atomic mass is 16.5. The number of amides is 1. The molecule has 1 saturated carbocycles. The van der Waals surface area contributed by atoms with E-state index < -0.39 is 5.91 Å². The minimum Gasteiger partial charge on any atom is -0.397 e. The topological polar surface area (TPSA) is 81.6 Å². The molecule has 1 aliphatic heterocycles. The molecule has 1 amide bonds. The molecular weight excluding hydrogens is 254 g/mol. The first-order valence-corrected chi connectivity index (χ1v) is 7.24. The fraction of sp³-hybridized carbons (Fsp3) is 0.533. The van der Waals surface area contributed by atoms with Gasteiger partial charge in [-0.05, 0) is 31.0 Å². The van der Waals surface area contributed by atoms with Crippen LogP contribution in [0.25, 0.3) is 0 Å². The third kappa shape index (κ3) is 2.33. The third-order valence-corrected chi connectivity index (χ3v) is 4.36. The molecule has 1 saturated heterocycles. The van der Waals surface area contributed by atoms with Crippen LogP contribution < -0.4 is 16.4 Å². The minimum absolute atomic E-state index is 0.286. The Bertz CT molecular complexity index is 516. The van der Waals surface area contributed by atoms with Crippen LogP contribution in [0.3, 0.4) is 0 Å². The Balaban J connectivity index is 1.94. The molecule has 20 heavy (non-hydrogen) atoms. The molecule has 108 valence electrons. The Morgan fingerprint density at radius 2 is 2.10 bits per heavy atom. The maximum absolute atomic E-state index is 11.4. The second kappa shape index (κ2) is 5.32. The van der Waals surface area contributed by atoms with Crippen molar-refractivity contribution >= 4 is 17.3 Å². The lowest BCUT2D eigenvalue weighted by Crippen LogP contribution is -2.53. The predicted molar refractivity (Wildman–Crippen MR) is 78.7 cm³/mol. The number of carbonyl (C=O) groups excluding carboxylic acids is 1. The smallest absolute Gasteiger partial charge is 0.248 e. The fourth-order valence-corrected chi connectivity index (χ4v) is 3.34. The van der Waals surface area contributed by atoms with Gasteiger partial charge < -0.3 is 21.1 Å². The summed E-state index contributed by atoms with van der Waals surface area (Å²) in [4.78, 5) is 13.7. The lowest BCUT2D eigenvalue weighted by Gasteiger charge is -2.45. The number of hydrogen-bond donors (Lipinski definition) is 2. The summed E-state index contributed by atoms with van der Waals surface area (Å²) in [5.41, 5.74) is 13.6. The molecule has 2 atom stereocenters. The summed E-state index contributed by atoms with van der Waals surface area (Å²) in [6.07, 6.45) is 4.96. The van der Waals surface area contributed by atoms with Crippen LogP contribution in [0, 0.1) is 0 Å². The van der Waals surface area contributed by atoms with Crippen molar-refractivity contribution < 1.29 is 9.53 Å². The van der Waals surface area contributed by atoms with Gasteiger partial charge in [0.2, 0.25) is 5.91 Å². The van der Waals surface area contributed by atoms with Gasteiger partial charge in [0.1, 0.15) is 0 Å². The Hall–Kier alpha value is -1.75. The Morgan fingerprint density at radius 3 is 2.90 bits per heavy atom. The molecule has 1 aromatic rings. The highest BCUT2D eigenvalue weighted by Crippen LogP contribution is 2.35. The van der Waals surface area contributed by atoms with Gasteiger partial charge in [0, 0.05) is 12.1 Å². The molecule has 0 bridgehead atoms. The van der Waals surface area contributed by atoms with E-state index in [0.717, 1.165) is 25.1 Å². The van der Waals surface area contributed by atoms with E-state index in [1.165, 1.54) is 12.8 Å². The maximum Gasteiger partial charge on any atom is 0.248 e. The number of ether oxygens (including phenoxy) is 1. The van der Waals surface area contributed by atoms with Gasteiger partial charge in [-0.15, -0.1) is 0 Å². The van der Waals surface area contributed by atoms with Crippen LogP contribution in [0.4, 0.5) is 11.4 Å². The number of rotatable bonds is 2. The molecule has 1 heterocycles. The van der Waals surface area contributed by atoms with Crippen LogP contribution in [-0.4, -0.2) is 31.2 Å². The van der Waals surface area contributed by atoms with E-state index in [9.17, 15) is 4.79 Å². The largest absolute Gasteiger partial charge is 0.397 e. The zero-order valence-corrected chi connectivity index (χ0v) is 11.5. The lowest BCUT2D eigenvalue weighted by molar-refractivity contribution is -0.00862. The molecular formula is C15H21N3O2. The zero-order valence-electron chi connectivity index (χ0n) is 11.5. The van der Waals surface area contributed by atoms with Gasteiger partial charge in [0.15, 0.2) is 0 Å². The van der Waals surface area contributed by atoms with Crippen molar-refractivity contribution in [2.45, 2.75) is 37.8 Å². The minimum atomic E-state index is -0.417. The molecule has 2 aliphatic rings. The number of carbonyl (C=O) groups is 1. The monoisotopic (exact) mass is 275 g/mol. The van der Waals surface area contributed by atoms with Crippen molar-refractivity contribution in [1.29, 1.82) is 0 Å². The number of benzene rings is 1. The van der Waals surface area contributed by atoms with Gasteiger partial charge in [-0.3, -0.25) is 4.79 Å². The van der Waals surface area contributed by atoms with E-state index in [0.29, 0.717) is 23.9 Å². The average molecular weight is 275 g/mol. The summed E-state index contributed by atoms with van der Waals surface area (Å²) in [7, 11) is 0. The van der Waals surface area contributed by atoms with Crippen LogP contribution in [0.5, 0.6) is 0 Å². The maximum atomic E-state index is 11.4. The Morgan fingerprint density at radius 1 is 1.30 bits per heavy atom. The number of nitrogens with two attached hydrogens (primary N) is 2. The number of nitrogen functional groups attached to an aromatic ring is 1. The van der Waals surface area contributed by atoms with E-state index in [4.69, 9.17) is 16.2 Å². The van der Waals surface area contributed by atoms with E-state index in [-0.39, 0.29) is 6.10 Å². The van der Waals surface area contributed by atoms with Crippen molar-refractivity contribution in [3.05, 3.63) is 23.8 Å². The van der Waals surface area contributed by atoms with E-state index >= 15 is 0 Å². The molecule has 0 spiro atoms. The highest BCUT2D eigenvalue weighted by Gasteiger charge is 2.35. The standard InChI is InChI=1S/C15H21N3O2/c16-11-6-5-10(15(17)19)9-13(11)18-7-8-20-14-4-2-1-3-12(14)18/h5-6,9,12,14H,1-4,7-8,16H2,(H2,17,19). The molecule has 2 fully saturated rings. The number of anilines is 2. The van der Waals surface area contributed by atoms with Crippen molar-refractivity contribution in [2.24, 2.45) is 5.73 Å². The van der Waals surface area contributed by atoms with Crippen LogP contribution >= 0.6 is 0 Å². The first kappa shape index (κ1) is 13.2. The van der Waals surface area contributed by atoms with Crippen LogP contribution in [0.2, 0.25) is 0 Å². The Kier molecular flexibility index (Phi) is 3.53. The van der Waals surface area contributed by atoms with Crippen LogP contribution in [0.1, 0.15) is 36.0 Å². The molecule has 0 aromatic heterocycles. The molecule has 0 radical (unpaired) electrons. The lowest BCUT2D eigenvalue weighted by atomic mass is 9.89. The number of fused-ring (bicyclic) bond motifs is 1. The molecule has 3 rings (SSSR count). The summed E-state index contributed by atoms with van der Waals surface area (Å²) < 4.78 is 5.88. The molecule has 5 nitrogen and oxygen atoms in total. The molecule has 5 heteroatoms. The SMILES string of the molecule is NC(=O)c1ccc(N)c(N2CCOC3CCCCC32)c1. The van der Waals surface area contributed by atoms with Gasteiger partial charge in [0.25, 0.3) is 0 Å². The summed E-state index contributed by atoms with van der Waals surface area (Å²) >= 11 is 0. The number of hydrogen-bond acceptors (Lipinski definition) is 4. The molecule has 4 N–H and O–H groups in total. The average Bonchev–Trinajstić information content (AvgIpc) is 2.47. The van der Waals surface area contributed by atoms with Gasteiger partial charge in [0.05, 0.1) is 30.1 Å². The van der Waals surface area contributed by atoms with E-state index in [1.54, 1.807) is 12.1 Å². The van der Waals surface area contributed by atoms with E-state index in [1.807, 2.05) is 6.07 Å². The van der Waals surface area contributed by atoms with Gasteiger partial charge in [-0.2, -0.15) is 0 Å². The third-order valence-electron chi connectivity index (χ3n) is 4.36. The normalized spacial score (nSPS) is 26.1. The molecule has 1 aromatic carbocycles. The van der Waals surface area contributed by atoms with Crippen LogP contribution in [0.15, 0.2) is 18.2 Å². The fourth-order valence-electron chi connectivity index (χ4n) is 3.34. The molecule has 2 unspecified atom stereocenters. The van der Waals surface area contributed by atoms with Crippen molar-refractivity contribution in [3.8, 4) is 0 Å². The summed E-state index contributed by atoms with van der Waals surface area (Å²) in [6.45, 7) is 1.52. The first-order chi connectivity index (χ1) is 9.66. The summed E-state index contributed by atoms with van der Waals surface area (Å²) in [6, 6.07) is 5.63. The molecule has 1 aliphatic carbocycles. The number of morpholine rings is 1. The van der Waals surface area contributed by atoms with Crippen molar-refractivity contribution in [3.63, 3.8) is 0 Å². The van der Waals surface area contributed by atoms with Gasteiger partial charge >= 0.3 is 0 Å². The zero-order chi connectivity index (χ0) is 14.1. The summed E-state index contributed by atoms with van der Waals surface area (Å²) in [5.74, 6) is -0.417. The van der Waals surface area contributed by atoms with Crippen LogP contribution in [-0.2, 0) is 4.74 Å². The van der Waals surface area contributed by atoms with Crippen molar-refractivity contribution in [2.75, 3.05) is 23.8 Å². The predicted octanol–water partition coefficient (Wildman–Crippen LogP) is 1.52. The van der Waals surface area contributed by atoms with E-state index in [2.05, 4.69) is 4.90 Å². The number of nitrogens with zero attached hydrogens (tertiary/aromatic N) is 1. The quantitative estimate of drug-likeness (QED) is 0.802.